The second-order valence-corrected chi connectivity index (χ2v) is 3.33. The Kier molecular flexibility index (Phi) is 4.24. The van der Waals surface area contributed by atoms with Gasteiger partial charge in [0.15, 0.2) is 0 Å². The van der Waals surface area contributed by atoms with Crippen LogP contribution >= 0.6 is 12.6 Å². The number of hydrogen-bond acceptors (Lipinski definition) is 4. The number of methoxy groups -OCH3 is 1. The van der Waals surface area contributed by atoms with Gasteiger partial charge in [-0.1, -0.05) is 12.2 Å². The van der Waals surface area contributed by atoms with Gasteiger partial charge in [-0.15, -0.1) is 0 Å². The number of nitrogens with two attached hydrogens (primary N) is 1. The zero-order valence-electron chi connectivity index (χ0n) is 8.43. The Balaban J connectivity index is 3.05. The maximum Gasteiger partial charge on any atom is 0.337 e. The van der Waals surface area contributed by atoms with Crippen molar-refractivity contribution in [3.63, 3.8) is 0 Å². The minimum Gasteiger partial charge on any atom is -0.465 e. The van der Waals surface area contributed by atoms with Gasteiger partial charge in [-0.3, -0.25) is 0 Å². The third-order valence-electron chi connectivity index (χ3n) is 1.81. The summed E-state index contributed by atoms with van der Waals surface area (Å²) < 4.78 is 4.62. The second-order valence-electron chi connectivity index (χ2n) is 2.96. The number of anilines is 1. The summed E-state index contributed by atoms with van der Waals surface area (Å²) in [4.78, 5) is 11.3. The molecule has 0 spiro atoms. The van der Waals surface area contributed by atoms with Crippen LogP contribution in [0.15, 0.2) is 24.3 Å². The molecule has 0 heterocycles. The number of nitrogen functional groups attached to an aromatic ring is 1. The van der Waals surface area contributed by atoms with E-state index in [2.05, 4.69) is 17.4 Å². The predicted octanol–water partition coefficient (Wildman–Crippen LogP) is 2.00. The highest BCUT2D eigenvalue weighted by Gasteiger charge is 2.06. The highest BCUT2D eigenvalue weighted by Crippen LogP contribution is 2.14. The van der Waals surface area contributed by atoms with E-state index in [1.54, 1.807) is 18.2 Å². The molecular formula is C11H13NO2S. The SMILES string of the molecule is COC(=O)c1cc(N)cc(C=CCS)c1. The maximum atomic E-state index is 11.3. The van der Waals surface area contributed by atoms with Crippen LogP contribution in [-0.2, 0) is 4.74 Å². The molecule has 15 heavy (non-hydrogen) atoms. The zero-order chi connectivity index (χ0) is 11.3. The molecule has 0 aliphatic rings. The minimum atomic E-state index is -0.386. The summed E-state index contributed by atoms with van der Waals surface area (Å²) in [5.41, 5.74) is 7.52. The molecule has 0 aliphatic carbocycles. The number of hydrogen-bond donors (Lipinski definition) is 2. The summed E-state index contributed by atoms with van der Waals surface area (Å²) in [6.45, 7) is 0. The van der Waals surface area contributed by atoms with Crippen LogP contribution in [0.4, 0.5) is 5.69 Å². The molecule has 0 amide bonds. The van der Waals surface area contributed by atoms with Crippen LogP contribution in [0.3, 0.4) is 0 Å². The number of thiol groups is 1. The molecule has 2 N–H and O–H groups in total. The number of ether oxygens (including phenoxy) is 1. The minimum absolute atomic E-state index is 0.386. The van der Waals surface area contributed by atoms with E-state index in [1.165, 1.54) is 7.11 Å². The quantitative estimate of drug-likeness (QED) is 0.468. The average molecular weight is 223 g/mol. The van der Waals surface area contributed by atoms with Crippen LogP contribution in [0, 0.1) is 0 Å². The third-order valence-corrected chi connectivity index (χ3v) is 2.03. The lowest BCUT2D eigenvalue weighted by Gasteiger charge is -2.02. The van der Waals surface area contributed by atoms with Gasteiger partial charge in [-0.2, -0.15) is 12.6 Å². The Labute approximate surface area is 94.3 Å². The lowest BCUT2D eigenvalue weighted by molar-refractivity contribution is 0.0601. The predicted molar refractivity (Wildman–Crippen MR) is 65.1 cm³/mol. The highest BCUT2D eigenvalue weighted by molar-refractivity contribution is 7.80. The molecule has 0 atom stereocenters. The van der Waals surface area contributed by atoms with Gasteiger partial charge < -0.3 is 10.5 Å². The molecule has 0 radical (unpaired) electrons. The van der Waals surface area contributed by atoms with Gasteiger partial charge >= 0.3 is 5.97 Å². The average Bonchev–Trinajstić information content (AvgIpc) is 2.24. The molecule has 0 saturated heterocycles. The topological polar surface area (TPSA) is 52.3 Å². The summed E-state index contributed by atoms with van der Waals surface area (Å²) >= 11 is 4.05. The van der Waals surface area contributed by atoms with Gasteiger partial charge in [0.25, 0.3) is 0 Å². The number of carbonyl (C=O) groups excluding carboxylic acids is 1. The van der Waals surface area contributed by atoms with Crippen molar-refractivity contribution in [2.75, 3.05) is 18.6 Å². The van der Waals surface area contributed by atoms with Crippen molar-refractivity contribution in [3.05, 3.63) is 35.4 Å². The fourth-order valence-electron chi connectivity index (χ4n) is 1.20. The Hall–Kier alpha value is -1.42. The largest absolute Gasteiger partial charge is 0.465 e. The number of benzene rings is 1. The summed E-state index contributed by atoms with van der Waals surface area (Å²) in [7, 11) is 1.34. The highest BCUT2D eigenvalue weighted by atomic mass is 32.1. The van der Waals surface area contributed by atoms with E-state index in [0.717, 1.165) is 5.56 Å². The van der Waals surface area contributed by atoms with Crippen molar-refractivity contribution in [2.24, 2.45) is 0 Å². The van der Waals surface area contributed by atoms with Gasteiger partial charge in [-0.05, 0) is 23.8 Å². The molecule has 1 aromatic carbocycles. The molecule has 1 rings (SSSR count). The summed E-state index contributed by atoms with van der Waals surface area (Å²) in [6.07, 6.45) is 3.73. The summed E-state index contributed by atoms with van der Waals surface area (Å²) in [5.74, 6) is 0.255. The second kappa shape index (κ2) is 5.46. The molecule has 1 aromatic rings. The van der Waals surface area contributed by atoms with Crippen LogP contribution in [0.5, 0.6) is 0 Å². The van der Waals surface area contributed by atoms with E-state index < -0.39 is 0 Å². The zero-order valence-corrected chi connectivity index (χ0v) is 9.33. The van der Waals surface area contributed by atoms with E-state index in [1.807, 2.05) is 12.2 Å². The van der Waals surface area contributed by atoms with Crippen molar-refractivity contribution in [1.82, 2.24) is 0 Å². The monoisotopic (exact) mass is 223 g/mol. The fraction of sp³-hybridized carbons (Fsp3) is 0.182. The first-order valence-corrected chi connectivity index (χ1v) is 5.07. The van der Waals surface area contributed by atoms with Crippen LogP contribution in [0.25, 0.3) is 6.08 Å². The smallest absolute Gasteiger partial charge is 0.337 e. The molecule has 0 unspecified atom stereocenters. The lowest BCUT2D eigenvalue weighted by Crippen LogP contribution is -2.02. The van der Waals surface area contributed by atoms with Crippen molar-refractivity contribution >= 4 is 30.4 Å². The molecule has 0 saturated carbocycles. The first-order chi connectivity index (χ1) is 7.17. The first-order valence-electron chi connectivity index (χ1n) is 4.43. The molecular weight excluding hydrogens is 210 g/mol. The van der Waals surface area contributed by atoms with E-state index >= 15 is 0 Å². The Morgan fingerprint density at radius 2 is 2.27 bits per heavy atom. The summed E-state index contributed by atoms with van der Waals surface area (Å²) in [5, 5.41) is 0. The van der Waals surface area contributed by atoms with Gasteiger partial charge in [0.2, 0.25) is 0 Å². The number of esters is 1. The number of rotatable bonds is 3. The fourth-order valence-corrected chi connectivity index (χ4v) is 1.30. The van der Waals surface area contributed by atoms with E-state index in [4.69, 9.17) is 5.73 Å². The van der Waals surface area contributed by atoms with Gasteiger partial charge in [-0.25, -0.2) is 4.79 Å². The van der Waals surface area contributed by atoms with Crippen molar-refractivity contribution in [1.29, 1.82) is 0 Å². The van der Waals surface area contributed by atoms with Crippen LogP contribution in [-0.4, -0.2) is 18.8 Å². The Bertz CT molecular complexity index is 388. The molecule has 0 aliphatic heterocycles. The van der Waals surface area contributed by atoms with Crippen molar-refractivity contribution in [2.45, 2.75) is 0 Å². The van der Waals surface area contributed by atoms with Crippen LogP contribution in [0.2, 0.25) is 0 Å². The number of carbonyl (C=O) groups is 1. The molecule has 0 bridgehead atoms. The molecule has 3 nitrogen and oxygen atoms in total. The van der Waals surface area contributed by atoms with Gasteiger partial charge in [0.05, 0.1) is 12.7 Å². The van der Waals surface area contributed by atoms with E-state index in [9.17, 15) is 4.79 Å². The molecule has 0 aromatic heterocycles. The Morgan fingerprint density at radius 3 is 2.87 bits per heavy atom. The summed E-state index contributed by atoms with van der Waals surface area (Å²) in [6, 6.07) is 5.10. The van der Waals surface area contributed by atoms with Crippen molar-refractivity contribution < 1.29 is 9.53 Å². The standard InChI is InChI=1S/C11H13NO2S/c1-14-11(13)9-5-8(3-2-4-15)6-10(12)7-9/h2-3,5-7,15H,4,12H2,1H3. The normalized spacial score (nSPS) is 10.5. The first kappa shape index (κ1) is 11.7. The Morgan fingerprint density at radius 1 is 1.53 bits per heavy atom. The molecule has 80 valence electrons. The van der Waals surface area contributed by atoms with E-state index in [-0.39, 0.29) is 5.97 Å². The van der Waals surface area contributed by atoms with Crippen molar-refractivity contribution in [3.8, 4) is 0 Å². The van der Waals surface area contributed by atoms with Gasteiger partial charge in [0, 0.05) is 11.4 Å². The van der Waals surface area contributed by atoms with Crippen LogP contribution < -0.4 is 5.73 Å². The van der Waals surface area contributed by atoms with Gasteiger partial charge in [0.1, 0.15) is 0 Å². The lowest BCUT2D eigenvalue weighted by atomic mass is 10.1. The van der Waals surface area contributed by atoms with E-state index in [0.29, 0.717) is 17.0 Å². The maximum absolute atomic E-state index is 11.3. The molecule has 4 heteroatoms. The van der Waals surface area contributed by atoms with Crippen LogP contribution in [0.1, 0.15) is 15.9 Å². The third kappa shape index (κ3) is 3.32. The molecule has 0 fully saturated rings.